The van der Waals surface area contributed by atoms with Crippen LogP contribution in [0, 0.1) is 11.3 Å². The number of hydrogen-bond acceptors (Lipinski definition) is 5. The van der Waals surface area contributed by atoms with E-state index in [-0.39, 0.29) is 11.6 Å². The van der Waals surface area contributed by atoms with E-state index in [2.05, 4.69) is 26.8 Å². The van der Waals surface area contributed by atoms with Crippen LogP contribution in [0.2, 0.25) is 0 Å². The Bertz CT molecular complexity index is 380. The average molecular weight is 206 g/mol. The van der Waals surface area contributed by atoms with Crippen molar-refractivity contribution in [2.24, 2.45) is 0 Å². The molecule has 78 valence electrons. The Balaban J connectivity index is 2.15. The number of carbonyl (C=O) groups is 1. The third-order valence-electron chi connectivity index (χ3n) is 2.29. The largest absolute Gasteiger partial charge is 0.319 e. The minimum absolute atomic E-state index is 0.247. The summed E-state index contributed by atoms with van der Waals surface area (Å²) in [7, 11) is 0. The highest BCUT2D eigenvalue weighted by molar-refractivity contribution is 5.92. The lowest BCUT2D eigenvalue weighted by Gasteiger charge is -2.31. The number of nitrogens with one attached hydrogen (secondary N) is 2. The van der Waals surface area contributed by atoms with Gasteiger partial charge in [0.05, 0.1) is 12.3 Å². The highest BCUT2D eigenvalue weighted by Crippen LogP contribution is 2.07. The number of hydrogen-bond donors (Lipinski definition) is 2. The van der Waals surface area contributed by atoms with Crippen molar-refractivity contribution < 1.29 is 4.79 Å². The number of amides is 1. The fourth-order valence-corrected chi connectivity index (χ4v) is 1.51. The molecule has 7 nitrogen and oxygen atoms in total. The lowest BCUT2D eigenvalue weighted by atomic mass is 10.2. The van der Waals surface area contributed by atoms with Gasteiger partial charge in [-0.15, -0.1) is 0 Å². The second kappa shape index (κ2) is 4.06. The summed E-state index contributed by atoms with van der Waals surface area (Å²) in [5, 5.41) is 21.6. The molecule has 1 saturated heterocycles. The van der Waals surface area contributed by atoms with Crippen LogP contribution in [0.15, 0.2) is 6.20 Å². The van der Waals surface area contributed by atoms with Crippen molar-refractivity contribution in [3.8, 4) is 6.07 Å². The molecule has 2 N–H and O–H groups in total. The first kappa shape index (κ1) is 9.61. The Labute approximate surface area is 86.1 Å². The maximum absolute atomic E-state index is 11.9. The Kier molecular flexibility index (Phi) is 2.60. The molecule has 7 heteroatoms. The van der Waals surface area contributed by atoms with Crippen LogP contribution in [-0.2, 0) is 0 Å². The molecule has 1 aromatic rings. The van der Waals surface area contributed by atoms with Crippen molar-refractivity contribution in [1.82, 2.24) is 25.6 Å². The van der Waals surface area contributed by atoms with Crippen LogP contribution in [0.4, 0.5) is 0 Å². The number of H-pyrrole nitrogens is 1. The maximum Gasteiger partial charge on any atom is 0.277 e. The van der Waals surface area contributed by atoms with E-state index in [1.165, 1.54) is 11.1 Å². The molecule has 0 bridgehead atoms. The van der Waals surface area contributed by atoms with E-state index in [1.54, 1.807) is 0 Å². The number of rotatable bonds is 1. The summed E-state index contributed by atoms with van der Waals surface area (Å²) in [4.78, 5) is 13.4. The molecule has 0 saturated carbocycles. The Morgan fingerprint density at radius 1 is 1.73 bits per heavy atom. The summed E-state index contributed by atoms with van der Waals surface area (Å²) in [6, 6.07) is 1.65. The van der Waals surface area contributed by atoms with Gasteiger partial charge in [0, 0.05) is 19.6 Å². The van der Waals surface area contributed by atoms with Gasteiger partial charge in [-0.25, -0.2) is 0 Å². The zero-order valence-electron chi connectivity index (χ0n) is 7.97. The van der Waals surface area contributed by atoms with Crippen molar-refractivity contribution in [2.75, 3.05) is 19.6 Å². The molecule has 1 aliphatic rings. The van der Waals surface area contributed by atoms with Gasteiger partial charge in [0.25, 0.3) is 5.91 Å². The van der Waals surface area contributed by atoms with Crippen LogP contribution in [-0.4, -0.2) is 51.9 Å². The summed E-state index contributed by atoms with van der Waals surface area (Å²) in [5.74, 6) is -0.253. The zero-order chi connectivity index (χ0) is 10.7. The SMILES string of the molecule is N#CC1CNCCN1C(=O)c1cn[nH]n1. The first-order chi connectivity index (χ1) is 7.33. The van der Waals surface area contributed by atoms with Gasteiger partial charge in [-0.2, -0.15) is 20.7 Å². The molecule has 15 heavy (non-hydrogen) atoms. The van der Waals surface area contributed by atoms with Crippen molar-refractivity contribution in [3.05, 3.63) is 11.9 Å². The standard InChI is InChI=1S/C8H10N6O/c9-3-6-4-10-1-2-14(6)8(15)7-5-11-13-12-7/h5-6,10H,1-2,4H2,(H,11,12,13). The van der Waals surface area contributed by atoms with E-state index < -0.39 is 6.04 Å². The van der Waals surface area contributed by atoms with Crippen molar-refractivity contribution in [1.29, 1.82) is 5.26 Å². The first-order valence-electron chi connectivity index (χ1n) is 4.60. The molecule has 0 radical (unpaired) electrons. The molecule has 0 aromatic carbocycles. The predicted molar refractivity (Wildman–Crippen MR) is 49.7 cm³/mol. The van der Waals surface area contributed by atoms with Crippen LogP contribution in [0.5, 0.6) is 0 Å². The molecule has 1 unspecified atom stereocenters. The van der Waals surface area contributed by atoms with Crippen LogP contribution >= 0.6 is 0 Å². The van der Waals surface area contributed by atoms with Crippen molar-refractivity contribution in [2.45, 2.75) is 6.04 Å². The van der Waals surface area contributed by atoms with E-state index >= 15 is 0 Å². The summed E-state index contributed by atoms with van der Waals surface area (Å²) < 4.78 is 0. The van der Waals surface area contributed by atoms with Gasteiger partial charge < -0.3 is 10.2 Å². The molecular formula is C8H10N6O. The Morgan fingerprint density at radius 3 is 3.27 bits per heavy atom. The number of carbonyl (C=O) groups excluding carboxylic acids is 1. The number of piperazine rings is 1. The smallest absolute Gasteiger partial charge is 0.277 e. The molecule has 0 aliphatic carbocycles. The number of nitrogens with zero attached hydrogens (tertiary/aromatic N) is 4. The fraction of sp³-hybridized carbons (Fsp3) is 0.500. The molecule has 1 aromatic heterocycles. The molecular weight excluding hydrogens is 196 g/mol. The third kappa shape index (κ3) is 1.80. The maximum atomic E-state index is 11.9. The molecule has 2 heterocycles. The van der Waals surface area contributed by atoms with E-state index in [0.29, 0.717) is 19.6 Å². The average Bonchev–Trinajstić information content (AvgIpc) is 2.81. The van der Waals surface area contributed by atoms with E-state index in [4.69, 9.17) is 5.26 Å². The Hall–Kier alpha value is -1.94. The summed E-state index contributed by atoms with van der Waals surface area (Å²) >= 11 is 0. The minimum atomic E-state index is -0.428. The lowest BCUT2D eigenvalue weighted by Crippen LogP contribution is -2.53. The number of nitriles is 1. The first-order valence-corrected chi connectivity index (χ1v) is 4.60. The fourth-order valence-electron chi connectivity index (χ4n) is 1.51. The van der Waals surface area contributed by atoms with Gasteiger partial charge >= 0.3 is 0 Å². The molecule has 1 aliphatic heterocycles. The molecule has 2 rings (SSSR count). The normalized spacial score (nSPS) is 21.0. The van der Waals surface area contributed by atoms with Gasteiger partial charge in [-0.1, -0.05) is 0 Å². The van der Waals surface area contributed by atoms with Crippen LogP contribution in [0.1, 0.15) is 10.5 Å². The number of aromatic amines is 1. The second-order valence-corrected chi connectivity index (χ2v) is 3.20. The summed E-state index contributed by atoms with van der Waals surface area (Å²) in [6.07, 6.45) is 1.36. The molecule has 1 fully saturated rings. The second-order valence-electron chi connectivity index (χ2n) is 3.20. The van der Waals surface area contributed by atoms with E-state index in [0.717, 1.165) is 0 Å². The minimum Gasteiger partial charge on any atom is -0.319 e. The van der Waals surface area contributed by atoms with E-state index in [9.17, 15) is 4.79 Å². The number of aromatic nitrogens is 3. The van der Waals surface area contributed by atoms with Crippen molar-refractivity contribution >= 4 is 5.91 Å². The van der Waals surface area contributed by atoms with Crippen LogP contribution < -0.4 is 5.32 Å². The zero-order valence-corrected chi connectivity index (χ0v) is 7.97. The quantitative estimate of drug-likeness (QED) is 0.597. The highest BCUT2D eigenvalue weighted by atomic mass is 16.2. The van der Waals surface area contributed by atoms with E-state index in [1.807, 2.05) is 0 Å². The van der Waals surface area contributed by atoms with Gasteiger partial charge in [-0.05, 0) is 0 Å². The van der Waals surface area contributed by atoms with Crippen LogP contribution in [0.3, 0.4) is 0 Å². The third-order valence-corrected chi connectivity index (χ3v) is 2.29. The summed E-state index contributed by atoms with van der Waals surface area (Å²) in [6.45, 7) is 1.71. The van der Waals surface area contributed by atoms with Crippen molar-refractivity contribution in [3.63, 3.8) is 0 Å². The molecule has 0 spiro atoms. The molecule has 1 amide bonds. The van der Waals surface area contributed by atoms with Crippen LogP contribution in [0.25, 0.3) is 0 Å². The Morgan fingerprint density at radius 2 is 2.60 bits per heavy atom. The monoisotopic (exact) mass is 206 g/mol. The predicted octanol–water partition coefficient (Wildman–Crippen LogP) is -1.26. The van der Waals surface area contributed by atoms with Gasteiger partial charge in [0.1, 0.15) is 6.04 Å². The lowest BCUT2D eigenvalue weighted by molar-refractivity contribution is 0.0681. The molecule has 1 atom stereocenters. The van der Waals surface area contributed by atoms with Gasteiger partial charge in [0.2, 0.25) is 0 Å². The topological polar surface area (TPSA) is 97.7 Å². The van der Waals surface area contributed by atoms with Gasteiger partial charge in [0.15, 0.2) is 5.69 Å². The van der Waals surface area contributed by atoms with Gasteiger partial charge in [-0.3, -0.25) is 4.79 Å². The summed E-state index contributed by atoms with van der Waals surface area (Å²) in [5.41, 5.74) is 0.247. The highest BCUT2D eigenvalue weighted by Gasteiger charge is 2.28.